The number of rotatable bonds is 4. The average Bonchev–Trinajstić information content (AvgIpc) is 2.20. The molecule has 0 aliphatic carbocycles. The minimum Gasteiger partial charge on any atom is -0.288 e. The predicted octanol–water partition coefficient (Wildman–Crippen LogP) is 3.68. The molecular formula is C13H16OS. The number of hydrogen-bond acceptors (Lipinski definition) is 2. The molecule has 0 aliphatic heterocycles. The SMILES string of the molecule is CC(=O)SCCC=Cc1ccc(C)cc1. The van der Waals surface area contributed by atoms with E-state index in [2.05, 4.69) is 43.3 Å². The van der Waals surface area contributed by atoms with E-state index < -0.39 is 0 Å². The topological polar surface area (TPSA) is 17.1 Å². The second kappa shape index (κ2) is 6.46. The van der Waals surface area contributed by atoms with Crippen molar-refractivity contribution in [2.75, 3.05) is 5.75 Å². The van der Waals surface area contributed by atoms with E-state index in [0.717, 1.165) is 12.2 Å². The summed E-state index contributed by atoms with van der Waals surface area (Å²) in [4.78, 5) is 10.7. The first-order valence-corrected chi connectivity index (χ1v) is 6.03. The fourth-order valence-electron chi connectivity index (χ4n) is 1.17. The minimum absolute atomic E-state index is 0.193. The molecule has 0 bridgehead atoms. The van der Waals surface area contributed by atoms with Gasteiger partial charge in [-0.25, -0.2) is 0 Å². The van der Waals surface area contributed by atoms with Gasteiger partial charge in [0.15, 0.2) is 5.12 Å². The van der Waals surface area contributed by atoms with Crippen molar-refractivity contribution < 1.29 is 4.79 Å². The van der Waals surface area contributed by atoms with Gasteiger partial charge in [-0.3, -0.25) is 4.79 Å². The zero-order chi connectivity index (χ0) is 11.1. The maximum Gasteiger partial charge on any atom is 0.185 e. The predicted molar refractivity (Wildman–Crippen MR) is 68.0 cm³/mol. The van der Waals surface area contributed by atoms with Gasteiger partial charge in [-0.15, -0.1) is 0 Å². The average molecular weight is 220 g/mol. The van der Waals surface area contributed by atoms with Crippen LogP contribution in [0.25, 0.3) is 6.08 Å². The number of carbonyl (C=O) groups excluding carboxylic acids is 1. The Labute approximate surface area is 95.6 Å². The highest BCUT2D eigenvalue weighted by Crippen LogP contribution is 2.08. The number of aryl methyl sites for hydroxylation is 1. The van der Waals surface area contributed by atoms with E-state index in [-0.39, 0.29) is 5.12 Å². The normalized spacial score (nSPS) is 10.8. The molecule has 0 atom stereocenters. The summed E-state index contributed by atoms with van der Waals surface area (Å²) in [6.07, 6.45) is 5.15. The fourth-order valence-corrected chi connectivity index (χ4v) is 1.71. The maximum absolute atomic E-state index is 10.7. The molecule has 0 aliphatic rings. The van der Waals surface area contributed by atoms with Gasteiger partial charge in [-0.05, 0) is 18.9 Å². The van der Waals surface area contributed by atoms with Gasteiger partial charge in [-0.1, -0.05) is 53.7 Å². The van der Waals surface area contributed by atoms with Gasteiger partial charge in [0.05, 0.1) is 0 Å². The molecule has 1 nitrogen and oxygen atoms in total. The Kier molecular flexibility index (Phi) is 5.19. The van der Waals surface area contributed by atoms with Crippen LogP contribution in [0.15, 0.2) is 30.3 Å². The summed E-state index contributed by atoms with van der Waals surface area (Å²) in [6, 6.07) is 8.40. The zero-order valence-electron chi connectivity index (χ0n) is 9.19. The van der Waals surface area contributed by atoms with Gasteiger partial charge in [0.25, 0.3) is 0 Å². The van der Waals surface area contributed by atoms with E-state index in [1.54, 1.807) is 6.92 Å². The Hall–Kier alpha value is -1.02. The molecule has 80 valence electrons. The first-order chi connectivity index (χ1) is 7.18. The summed E-state index contributed by atoms with van der Waals surface area (Å²) in [5.74, 6) is 0.873. The van der Waals surface area contributed by atoms with Gasteiger partial charge < -0.3 is 0 Å². The monoisotopic (exact) mass is 220 g/mol. The molecule has 0 heterocycles. The molecule has 1 rings (SSSR count). The van der Waals surface area contributed by atoms with E-state index in [1.165, 1.54) is 22.9 Å². The van der Waals surface area contributed by atoms with Crippen molar-refractivity contribution in [3.63, 3.8) is 0 Å². The van der Waals surface area contributed by atoms with E-state index in [1.807, 2.05) is 0 Å². The van der Waals surface area contributed by atoms with E-state index >= 15 is 0 Å². The summed E-state index contributed by atoms with van der Waals surface area (Å²) in [7, 11) is 0. The van der Waals surface area contributed by atoms with Crippen LogP contribution in [0, 0.1) is 6.92 Å². The molecule has 2 heteroatoms. The summed E-state index contributed by atoms with van der Waals surface area (Å²) < 4.78 is 0. The molecule has 0 radical (unpaired) electrons. The summed E-state index contributed by atoms with van der Waals surface area (Å²) in [5.41, 5.74) is 2.49. The standard InChI is InChI=1S/C13H16OS/c1-11-6-8-13(9-7-11)5-3-4-10-15-12(2)14/h3,5-9H,4,10H2,1-2H3. The Morgan fingerprint density at radius 1 is 1.33 bits per heavy atom. The highest BCUT2D eigenvalue weighted by atomic mass is 32.2. The van der Waals surface area contributed by atoms with Crippen LogP contribution in [0.3, 0.4) is 0 Å². The maximum atomic E-state index is 10.7. The van der Waals surface area contributed by atoms with Crippen LogP contribution in [0.2, 0.25) is 0 Å². The summed E-state index contributed by atoms with van der Waals surface area (Å²) in [5, 5.41) is 0.193. The van der Waals surface area contributed by atoms with E-state index in [9.17, 15) is 4.79 Å². The van der Waals surface area contributed by atoms with Crippen molar-refractivity contribution in [2.24, 2.45) is 0 Å². The number of thioether (sulfide) groups is 1. The largest absolute Gasteiger partial charge is 0.288 e. The highest BCUT2D eigenvalue weighted by molar-refractivity contribution is 8.13. The Bertz CT molecular complexity index is 338. The summed E-state index contributed by atoms with van der Waals surface area (Å²) >= 11 is 1.38. The lowest BCUT2D eigenvalue weighted by atomic mass is 10.1. The molecular weight excluding hydrogens is 204 g/mol. The minimum atomic E-state index is 0.193. The van der Waals surface area contributed by atoms with Crippen molar-refractivity contribution in [3.8, 4) is 0 Å². The van der Waals surface area contributed by atoms with Crippen molar-refractivity contribution in [2.45, 2.75) is 20.3 Å². The van der Waals surface area contributed by atoms with Crippen LogP contribution < -0.4 is 0 Å². The molecule has 0 amide bonds. The molecule has 0 fully saturated rings. The lowest BCUT2D eigenvalue weighted by molar-refractivity contribution is -0.109. The molecule has 0 aromatic heterocycles. The van der Waals surface area contributed by atoms with Crippen molar-refractivity contribution >= 4 is 23.0 Å². The van der Waals surface area contributed by atoms with Gasteiger partial charge in [-0.2, -0.15) is 0 Å². The first kappa shape index (κ1) is 12.1. The van der Waals surface area contributed by atoms with Crippen molar-refractivity contribution in [1.29, 1.82) is 0 Å². The number of carbonyl (C=O) groups is 1. The Morgan fingerprint density at radius 2 is 2.00 bits per heavy atom. The molecule has 0 saturated heterocycles. The Morgan fingerprint density at radius 3 is 2.60 bits per heavy atom. The zero-order valence-corrected chi connectivity index (χ0v) is 10.0. The number of benzene rings is 1. The van der Waals surface area contributed by atoms with Crippen LogP contribution >= 0.6 is 11.8 Å². The van der Waals surface area contributed by atoms with Crippen LogP contribution in [-0.4, -0.2) is 10.9 Å². The number of hydrogen-bond donors (Lipinski definition) is 0. The molecule has 0 saturated carbocycles. The number of allylic oxidation sites excluding steroid dienone is 1. The van der Waals surface area contributed by atoms with Crippen LogP contribution in [0.4, 0.5) is 0 Å². The molecule has 1 aromatic rings. The van der Waals surface area contributed by atoms with Crippen molar-refractivity contribution in [1.82, 2.24) is 0 Å². The molecule has 1 aromatic carbocycles. The molecule has 0 unspecified atom stereocenters. The Balaban J connectivity index is 2.32. The van der Waals surface area contributed by atoms with Crippen LogP contribution in [0.1, 0.15) is 24.5 Å². The van der Waals surface area contributed by atoms with Crippen molar-refractivity contribution in [3.05, 3.63) is 41.5 Å². The van der Waals surface area contributed by atoms with Gasteiger partial charge in [0, 0.05) is 12.7 Å². The molecule has 15 heavy (non-hydrogen) atoms. The smallest absolute Gasteiger partial charge is 0.185 e. The second-order valence-electron chi connectivity index (χ2n) is 3.44. The third-order valence-corrected chi connectivity index (χ3v) is 2.82. The fraction of sp³-hybridized carbons (Fsp3) is 0.308. The second-order valence-corrected chi connectivity index (χ2v) is 4.71. The van der Waals surface area contributed by atoms with Gasteiger partial charge in [0.1, 0.15) is 0 Å². The lowest BCUT2D eigenvalue weighted by Crippen LogP contribution is -1.83. The first-order valence-electron chi connectivity index (χ1n) is 5.05. The van der Waals surface area contributed by atoms with E-state index in [4.69, 9.17) is 0 Å². The highest BCUT2D eigenvalue weighted by Gasteiger charge is 1.91. The molecule has 0 N–H and O–H groups in total. The van der Waals surface area contributed by atoms with Gasteiger partial charge in [0.2, 0.25) is 0 Å². The van der Waals surface area contributed by atoms with Gasteiger partial charge >= 0.3 is 0 Å². The quantitative estimate of drug-likeness (QED) is 0.720. The third kappa shape index (κ3) is 5.43. The van der Waals surface area contributed by atoms with Crippen LogP contribution in [-0.2, 0) is 4.79 Å². The van der Waals surface area contributed by atoms with E-state index in [0.29, 0.717) is 0 Å². The van der Waals surface area contributed by atoms with Crippen LogP contribution in [0.5, 0.6) is 0 Å². The summed E-state index contributed by atoms with van der Waals surface area (Å²) in [6.45, 7) is 3.69. The lowest BCUT2D eigenvalue weighted by Gasteiger charge is -1.95. The molecule has 0 spiro atoms. The third-order valence-electron chi connectivity index (χ3n) is 1.98.